The predicted octanol–water partition coefficient (Wildman–Crippen LogP) is 3.49. The fraction of sp³-hybridized carbons (Fsp3) is 0.632. The number of amides is 1. The van der Waals surface area contributed by atoms with Crippen LogP contribution in [0.3, 0.4) is 0 Å². The summed E-state index contributed by atoms with van der Waals surface area (Å²) in [6.07, 6.45) is 8.08. The van der Waals surface area contributed by atoms with Crippen LogP contribution >= 0.6 is 0 Å². The first-order valence-corrected chi connectivity index (χ1v) is 9.42. The maximum Gasteiger partial charge on any atom is 0.229 e. The summed E-state index contributed by atoms with van der Waals surface area (Å²) >= 11 is 0. The molecular formula is C19H26N4O2. The van der Waals surface area contributed by atoms with Crippen molar-refractivity contribution in [2.24, 2.45) is 0 Å². The predicted molar refractivity (Wildman–Crippen MR) is 96.4 cm³/mol. The maximum atomic E-state index is 12.6. The minimum atomic E-state index is -0.857. The van der Waals surface area contributed by atoms with Gasteiger partial charge in [-0.2, -0.15) is 0 Å². The summed E-state index contributed by atoms with van der Waals surface area (Å²) in [5, 5.41) is 13.6. The highest BCUT2D eigenvalue weighted by molar-refractivity contribution is 5.91. The summed E-state index contributed by atoms with van der Waals surface area (Å²) in [6, 6.07) is 4.25. The van der Waals surface area contributed by atoms with Crippen molar-refractivity contribution in [3.63, 3.8) is 0 Å². The molecule has 2 aromatic rings. The lowest BCUT2D eigenvalue weighted by molar-refractivity contribution is -0.122. The second-order valence-corrected chi connectivity index (χ2v) is 7.70. The Morgan fingerprint density at radius 1 is 1.24 bits per heavy atom. The Balaban J connectivity index is 1.59. The molecule has 2 aliphatic rings. The summed E-state index contributed by atoms with van der Waals surface area (Å²) in [5.41, 5.74) is 1.74. The zero-order chi connectivity index (χ0) is 17.4. The average molecular weight is 342 g/mol. The fourth-order valence-electron chi connectivity index (χ4n) is 4.00. The van der Waals surface area contributed by atoms with Gasteiger partial charge in [-0.25, -0.2) is 9.97 Å². The zero-order valence-corrected chi connectivity index (χ0v) is 14.8. The quantitative estimate of drug-likeness (QED) is 0.891. The van der Waals surface area contributed by atoms with E-state index in [0.717, 1.165) is 49.0 Å². The van der Waals surface area contributed by atoms with Crippen molar-refractivity contribution >= 4 is 23.0 Å². The number of pyridine rings is 1. The van der Waals surface area contributed by atoms with E-state index in [1.807, 2.05) is 19.1 Å². The molecule has 0 unspecified atom stereocenters. The van der Waals surface area contributed by atoms with Gasteiger partial charge in [0.05, 0.1) is 12.0 Å². The van der Waals surface area contributed by atoms with Crippen LogP contribution in [0.2, 0.25) is 0 Å². The van der Waals surface area contributed by atoms with Crippen LogP contribution in [0.5, 0.6) is 0 Å². The molecule has 0 bridgehead atoms. The summed E-state index contributed by atoms with van der Waals surface area (Å²) in [4.78, 5) is 21.8. The van der Waals surface area contributed by atoms with Gasteiger partial charge in [-0.15, -0.1) is 0 Å². The van der Waals surface area contributed by atoms with E-state index >= 15 is 0 Å². The van der Waals surface area contributed by atoms with Gasteiger partial charge < -0.3 is 5.11 Å². The molecule has 0 saturated heterocycles. The third-order valence-electron chi connectivity index (χ3n) is 5.64. The second-order valence-electron chi connectivity index (χ2n) is 7.70. The topological polar surface area (TPSA) is 80.0 Å². The number of hydrogen-bond acceptors (Lipinski definition) is 4. The molecule has 2 fully saturated rings. The van der Waals surface area contributed by atoms with E-state index in [1.165, 1.54) is 6.42 Å². The average Bonchev–Trinajstić information content (AvgIpc) is 2.83. The molecule has 6 nitrogen and oxygen atoms in total. The van der Waals surface area contributed by atoms with Gasteiger partial charge >= 0.3 is 0 Å². The van der Waals surface area contributed by atoms with Crippen molar-refractivity contribution in [3.05, 3.63) is 17.8 Å². The number of aliphatic hydroxyl groups is 1. The lowest BCUT2D eigenvalue weighted by Crippen LogP contribution is -2.36. The Morgan fingerprint density at radius 3 is 2.68 bits per heavy atom. The van der Waals surface area contributed by atoms with Crippen LogP contribution in [0.15, 0.2) is 12.1 Å². The lowest BCUT2D eigenvalue weighted by Gasteiger charge is -2.32. The van der Waals surface area contributed by atoms with E-state index in [2.05, 4.69) is 19.9 Å². The van der Waals surface area contributed by atoms with Gasteiger partial charge in [0.2, 0.25) is 11.9 Å². The number of aromatic nitrogens is 3. The summed E-state index contributed by atoms with van der Waals surface area (Å²) < 4.78 is 2.08. The molecule has 0 radical (unpaired) electrons. The van der Waals surface area contributed by atoms with Crippen LogP contribution in [0.1, 0.15) is 69.5 Å². The number of nitrogens with one attached hydrogen (secondary N) is 1. The Hall–Kier alpha value is -1.95. The highest BCUT2D eigenvalue weighted by Gasteiger charge is 2.33. The molecular weight excluding hydrogens is 316 g/mol. The molecule has 4 rings (SSSR count). The van der Waals surface area contributed by atoms with E-state index in [1.54, 1.807) is 0 Å². The van der Waals surface area contributed by atoms with Gasteiger partial charge in [-0.1, -0.05) is 19.3 Å². The monoisotopic (exact) mass is 342 g/mol. The zero-order valence-electron chi connectivity index (χ0n) is 14.8. The number of carbonyl (C=O) groups excluding carboxylic acids is 1. The molecule has 2 aliphatic carbocycles. The number of hydrogen-bond donors (Lipinski definition) is 2. The van der Waals surface area contributed by atoms with Crippen molar-refractivity contribution in [2.45, 2.75) is 76.4 Å². The molecule has 2 N–H and O–H groups in total. The van der Waals surface area contributed by atoms with Crippen molar-refractivity contribution in [2.75, 3.05) is 5.32 Å². The summed E-state index contributed by atoms with van der Waals surface area (Å²) in [6.45, 7) is 1.97. The van der Waals surface area contributed by atoms with Gasteiger partial charge in [0.15, 0.2) is 5.65 Å². The maximum absolute atomic E-state index is 12.6. The standard InChI is InChI=1S/C19H26N4O2/c1-13-8-9-15-17(20-13)23(14-6-5-7-14)18(21-15)22-16(24)12-19(25)10-3-2-4-11-19/h8-9,14,25H,2-7,10-12H2,1H3,(H,21,22,24). The molecule has 2 heterocycles. The summed E-state index contributed by atoms with van der Waals surface area (Å²) in [7, 11) is 0. The van der Waals surface area contributed by atoms with E-state index in [4.69, 9.17) is 0 Å². The Morgan fingerprint density at radius 2 is 2.00 bits per heavy atom. The molecule has 0 aliphatic heterocycles. The number of nitrogens with zero attached hydrogens (tertiary/aromatic N) is 3. The van der Waals surface area contributed by atoms with E-state index < -0.39 is 5.60 Å². The highest BCUT2D eigenvalue weighted by atomic mass is 16.3. The van der Waals surface area contributed by atoms with Crippen LogP contribution < -0.4 is 5.32 Å². The minimum Gasteiger partial charge on any atom is -0.389 e. The molecule has 0 aromatic carbocycles. The van der Waals surface area contributed by atoms with Crippen molar-refractivity contribution in [3.8, 4) is 0 Å². The van der Waals surface area contributed by atoms with E-state index in [9.17, 15) is 9.90 Å². The van der Waals surface area contributed by atoms with Crippen molar-refractivity contribution in [1.82, 2.24) is 14.5 Å². The SMILES string of the molecule is Cc1ccc2nc(NC(=O)CC3(O)CCCCC3)n(C3CCC3)c2n1. The molecule has 6 heteroatoms. The van der Waals surface area contributed by atoms with Gasteiger partial charge in [0, 0.05) is 11.7 Å². The molecule has 134 valence electrons. The van der Waals surface area contributed by atoms with Crippen LogP contribution in [-0.4, -0.2) is 31.1 Å². The summed E-state index contributed by atoms with van der Waals surface area (Å²) in [5.74, 6) is 0.416. The molecule has 0 spiro atoms. The van der Waals surface area contributed by atoms with E-state index in [0.29, 0.717) is 24.8 Å². The van der Waals surface area contributed by atoms with Crippen molar-refractivity contribution < 1.29 is 9.90 Å². The molecule has 2 saturated carbocycles. The number of fused-ring (bicyclic) bond motifs is 1. The Labute approximate surface area is 147 Å². The van der Waals surface area contributed by atoms with Crippen LogP contribution in [0.4, 0.5) is 5.95 Å². The third-order valence-corrected chi connectivity index (χ3v) is 5.64. The highest BCUT2D eigenvalue weighted by Crippen LogP contribution is 2.37. The first-order valence-electron chi connectivity index (χ1n) is 9.42. The number of aryl methyl sites for hydroxylation is 1. The van der Waals surface area contributed by atoms with Crippen molar-refractivity contribution in [1.29, 1.82) is 0 Å². The van der Waals surface area contributed by atoms with Gasteiger partial charge in [-0.05, 0) is 51.2 Å². The minimum absolute atomic E-state index is 0.146. The number of imidazole rings is 1. The smallest absolute Gasteiger partial charge is 0.229 e. The lowest BCUT2D eigenvalue weighted by atomic mass is 9.82. The molecule has 25 heavy (non-hydrogen) atoms. The molecule has 2 aromatic heterocycles. The third kappa shape index (κ3) is 3.27. The normalized spacial score (nSPS) is 20.4. The van der Waals surface area contributed by atoms with Gasteiger partial charge in [-0.3, -0.25) is 14.7 Å². The first kappa shape index (κ1) is 16.5. The largest absolute Gasteiger partial charge is 0.389 e. The van der Waals surface area contributed by atoms with Gasteiger partial charge in [0.25, 0.3) is 0 Å². The van der Waals surface area contributed by atoms with Crippen LogP contribution in [0.25, 0.3) is 11.2 Å². The fourth-order valence-corrected chi connectivity index (χ4v) is 4.00. The Bertz CT molecular complexity index is 788. The number of rotatable bonds is 4. The molecule has 1 amide bonds. The Kier molecular flexibility index (Phi) is 4.23. The van der Waals surface area contributed by atoms with E-state index in [-0.39, 0.29) is 12.3 Å². The number of carbonyl (C=O) groups is 1. The number of anilines is 1. The van der Waals surface area contributed by atoms with Crippen LogP contribution in [-0.2, 0) is 4.79 Å². The van der Waals surface area contributed by atoms with Gasteiger partial charge in [0.1, 0.15) is 5.52 Å². The molecule has 0 atom stereocenters. The second kappa shape index (κ2) is 6.41. The van der Waals surface area contributed by atoms with Crippen LogP contribution in [0, 0.1) is 6.92 Å². The first-order chi connectivity index (χ1) is 12.0.